The molecule has 0 spiro atoms. The average Bonchev–Trinajstić information content (AvgIpc) is 2.94. The first-order valence-corrected chi connectivity index (χ1v) is 9.24. The highest BCUT2D eigenvalue weighted by molar-refractivity contribution is 8.00. The van der Waals surface area contributed by atoms with Crippen LogP contribution >= 0.6 is 11.8 Å². The number of esters is 1. The number of benzene rings is 1. The Bertz CT molecular complexity index is 976. The van der Waals surface area contributed by atoms with E-state index in [1.807, 2.05) is 24.3 Å². The van der Waals surface area contributed by atoms with E-state index in [0.717, 1.165) is 10.8 Å². The summed E-state index contributed by atoms with van der Waals surface area (Å²) in [5.74, 6) is -0.295. The largest absolute Gasteiger partial charge is 0.461 e. The molecule has 0 aliphatic carbocycles. The summed E-state index contributed by atoms with van der Waals surface area (Å²) in [5.41, 5.74) is 2.16. The molecule has 3 rings (SSSR count). The normalized spacial score (nSPS) is 10.9. The maximum absolute atomic E-state index is 12.7. The summed E-state index contributed by atoms with van der Waals surface area (Å²) < 4.78 is 5.03. The Labute approximate surface area is 155 Å². The van der Waals surface area contributed by atoms with Crippen molar-refractivity contribution >= 4 is 34.3 Å². The molecule has 2 heterocycles. The standard InChI is InChI=1S/C19H19N3O3S/c1-4-25-19(24)17-11(2)16(12(3)21-17)15(23)10-26-18-14-8-6-5-7-13(14)9-20-22-18/h5-9,21H,4,10H2,1-3H3. The van der Waals surface area contributed by atoms with Crippen molar-refractivity contribution in [1.29, 1.82) is 0 Å². The molecule has 0 radical (unpaired) electrons. The number of Topliss-reactive ketones (excluding diaryl/α,β-unsaturated/α-hetero) is 1. The number of fused-ring (bicyclic) bond motifs is 1. The Morgan fingerprint density at radius 2 is 2.00 bits per heavy atom. The van der Waals surface area contributed by atoms with Gasteiger partial charge in [-0.2, -0.15) is 5.10 Å². The highest BCUT2D eigenvalue weighted by atomic mass is 32.2. The minimum absolute atomic E-state index is 0.0634. The third kappa shape index (κ3) is 3.48. The predicted octanol–water partition coefficient (Wildman–Crippen LogP) is 3.73. The van der Waals surface area contributed by atoms with Crippen LogP contribution in [0.5, 0.6) is 0 Å². The first-order chi connectivity index (χ1) is 12.5. The lowest BCUT2D eigenvalue weighted by atomic mass is 10.1. The van der Waals surface area contributed by atoms with Gasteiger partial charge in [0, 0.05) is 22.0 Å². The Hall–Kier alpha value is -2.67. The Balaban J connectivity index is 1.81. The topological polar surface area (TPSA) is 84.9 Å². The summed E-state index contributed by atoms with van der Waals surface area (Å²) in [6.07, 6.45) is 1.70. The minimum atomic E-state index is -0.445. The number of H-pyrrole nitrogens is 1. The second-order valence-corrected chi connectivity index (χ2v) is 6.76. The fourth-order valence-corrected chi connectivity index (χ4v) is 3.75. The van der Waals surface area contributed by atoms with E-state index in [1.54, 1.807) is 27.0 Å². The van der Waals surface area contributed by atoms with Gasteiger partial charge in [0.2, 0.25) is 0 Å². The highest BCUT2D eigenvalue weighted by Gasteiger charge is 2.23. The first-order valence-electron chi connectivity index (χ1n) is 8.25. The maximum atomic E-state index is 12.7. The molecule has 0 aliphatic rings. The van der Waals surface area contributed by atoms with Gasteiger partial charge in [0.05, 0.1) is 18.6 Å². The van der Waals surface area contributed by atoms with Crippen LogP contribution in [-0.2, 0) is 4.74 Å². The quantitative estimate of drug-likeness (QED) is 0.405. The summed E-state index contributed by atoms with van der Waals surface area (Å²) in [6.45, 7) is 5.57. The lowest BCUT2D eigenvalue weighted by Gasteiger charge is -2.05. The van der Waals surface area contributed by atoms with Crippen molar-refractivity contribution in [2.75, 3.05) is 12.4 Å². The van der Waals surface area contributed by atoms with E-state index in [4.69, 9.17) is 4.74 Å². The molecular weight excluding hydrogens is 350 g/mol. The number of carbonyl (C=O) groups excluding carboxylic acids is 2. The average molecular weight is 369 g/mol. The van der Waals surface area contributed by atoms with Gasteiger partial charge in [0.1, 0.15) is 10.7 Å². The zero-order valence-corrected chi connectivity index (χ0v) is 15.6. The van der Waals surface area contributed by atoms with Crippen molar-refractivity contribution < 1.29 is 14.3 Å². The third-order valence-corrected chi connectivity index (χ3v) is 5.05. The number of nitrogens with zero attached hydrogens (tertiary/aromatic N) is 2. The minimum Gasteiger partial charge on any atom is -0.461 e. The summed E-state index contributed by atoms with van der Waals surface area (Å²) in [4.78, 5) is 27.7. The molecule has 0 saturated carbocycles. The molecule has 0 amide bonds. The molecule has 6 nitrogen and oxygen atoms in total. The van der Waals surface area contributed by atoms with Crippen LogP contribution in [0.3, 0.4) is 0 Å². The van der Waals surface area contributed by atoms with Crippen LogP contribution in [0, 0.1) is 13.8 Å². The second-order valence-electron chi connectivity index (χ2n) is 5.79. The zero-order chi connectivity index (χ0) is 18.7. The fourth-order valence-electron chi connectivity index (χ4n) is 2.89. The molecule has 26 heavy (non-hydrogen) atoms. The molecule has 0 aliphatic heterocycles. The van der Waals surface area contributed by atoms with E-state index in [0.29, 0.717) is 27.5 Å². The second kappa shape index (κ2) is 7.70. The highest BCUT2D eigenvalue weighted by Crippen LogP contribution is 2.27. The number of carbonyl (C=O) groups is 2. The van der Waals surface area contributed by atoms with Crippen molar-refractivity contribution in [3.8, 4) is 0 Å². The number of nitrogens with one attached hydrogen (secondary N) is 1. The van der Waals surface area contributed by atoms with Crippen LogP contribution in [0.15, 0.2) is 35.5 Å². The maximum Gasteiger partial charge on any atom is 0.355 e. The van der Waals surface area contributed by atoms with Crippen LogP contribution in [0.2, 0.25) is 0 Å². The van der Waals surface area contributed by atoms with Gasteiger partial charge in [-0.25, -0.2) is 4.79 Å². The molecule has 0 bridgehead atoms. The summed E-state index contributed by atoms with van der Waals surface area (Å²) in [7, 11) is 0. The number of aryl methyl sites for hydroxylation is 1. The fraction of sp³-hybridized carbons (Fsp3) is 0.263. The van der Waals surface area contributed by atoms with Crippen molar-refractivity contribution in [1.82, 2.24) is 15.2 Å². The van der Waals surface area contributed by atoms with Gasteiger partial charge in [-0.05, 0) is 26.3 Å². The summed E-state index contributed by atoms with van der Waals surface area (Å²) in [6, 6.07) is 7.79. The monoisotopic (exact) mass is 369 g/mol. The van der Waals surface area contributed by atoms with Crippen molar-refractivity contribution in [3.05, 3.63) is 53.0 Å². The number of hydrogen-bond acceptors (Lipinski definition) is 6. The lowest BCUT2D eigenvalue weighted by molar-refractivity contribution is 0.0519. The number of thioether (sulfide) groups is 1. The molecule has 134 valence electrons. The molecule has 7 heteroatoms. The van der Waals surface area contributed by atoms with Crippen LogP contribution in [0.1, 0.15) is 39.0 Å². The summed E-state index contributed by atoms with van der Waals surface area (Å²) in [5, 5.41) is 10.8. The number of hydrogen-bond donors (Lipinski definition) is 1. The lowest BCUT2D eigenvalue weighted by Crippen LogP contribution is -2.08. The Morgan fingerprint density at radius 1 is 1.23 bits per heavy atom. The third-order valence-electron chi connectivity index (χ3n) is 4.07. The molecule has 3 aromatic rings. The van der Waals surface area contributed by atoms with Crippen LogP contribution < -0.4 is 0 Å². The number of ketones is 1. The van der Waals surface area contributed by atoms with E-state index in [2.05, 4.69) is 15.2 Å². The van der Waals surface area contributed by atoms with Gasteiger partial charge in [-0.1, -0.05) is 36.0 Å². The molecule has 0 fully saturated rings. The predicted molar refractivity (Wildman–Crippen MR) is 101 cm³/mol. The van der Waals surface area contributed by atoms with E-state index >= 15 is 0 Å². The van der Waals surface area contributed by atoms with Crippen molar-refractivity contribution in [3.63, 3.8) is 0 Å². The first kappa shape index (κ1) is 18.1. The van der Waals surface area contributed by atoms with Crippen molar-refractivity contribution in [2.45, 2.75) is 25.8 Å². The van der Waals surface area contributed by atoms with E-state index in [-0.39, 0.29) is 18.1 Å². The van der Waals surface area contributed by atoms with Gasteiger partial charge in [-0.3, -0.25) is 4.79 Å². The number of ether oxygens (including phenoxy) is 1. The molecule has 1 N–H and O–H groups in total. The molecule has 2 aromatic heterocycles. The molecule has 0 atom stereocenters. The Kier molecular flexibility index (Phi) is 5.37. The molecular formula is C19H19N3O3S. The van der Waals surface area contributed by atoms with Crippen LogP contribution in [0.4, 0.5) is 0 Å². The van der Waals surface area contributed by atoms with Gasteiger partial charge in [-0.15, -0.1) is 5.10 Å². The van der Waals surface area contributed by atoms with Crippen molar-refractivity contribution in [2.24, 2.45) is 0 Å². The van der Waals surface area contributed by atoms with E-state index in [9.17, 15) is 9.59 Å². The Morgan fingerprint density at radius 3 is 2.77 bits per heavy atom. The van der Waals surface area contributed by atoms with E-state index in [1.165, 1.54) is 11.8 Å². The van der Waals surface area contributed by atoms with Gasteiger partial charge < -0.3 is 9.72 Å². The summed E-state index contributed by atoms with van der Waals surface area (Å²) >= 11 is 1.34. The van der Waals surface area contributed by atoms with E-state index < -0.39 is 5.97 Å². The SMILES string of the molecule is CCOC(=O)c1[nH]c(C)c(C(=O)CSc2nncc3ccccc23)c1C. The number of aromatic nitrogens is 3. The van der Waals surface area contributed by atoms with Gasteiger partial charge in [0.25, 0.3) is 0 Å². The molecule has 0 saturated heterocycles. The van der Waals surface area contributed by atoms with Crippen LogP contribution in [-0.4, -0.2) is 39.3 Å². The van der Waals surface area contributed by atoms with Gasteiger partial charge in [0.15, 0.2) is 5.78 Å². The molecule has 0 unspecified atom stereocenters. The van der Waals surface area contributed by atoms with Gasteiger partial charge >= 0.3 is 5.97 Å². The van der Waals surface area contributed by atoms with Crippen LogP contribution in [0.25, 0.3) is 10.8 Å². The smallest absolute Gasteiger partial charge is 0.355 e. The number of rotatable bonds is 6. The zero-order valence-electron chi connectivity index (χ0n) is 14.8. The number of aromatic amines is 1. The molecule has 1 aromatic carbocycles.